The van der Waals surface area contributed by atoms with E-state index in [-0.39, 0.29) is 13.6 Å². The summed E-state index contributed by atoms with van der Waals surface area (Å²) in [7, 11) is 1.56. The smallest absolute Gasteiger partial charge is 0.270 e. The number of hydrogen-bond donors (Lipinski definition) is 0. The third-order valence-corrected chi connectivity index (χ3v) is 7.98. The van der Waals surface area contributed by atoms with E-state index in [0.717, 1.165) is 60.6 Å². The number of aromatic nitrogens is 4. The van der Waals surface area contributed by atoms with E-state index in [4.69, 9.17) is 21.0 Å². The van der Waals surface area contributed by atoms with Crippen LogP contribution < -0.4 is 9.47 Å². The van der Waals surface area contributed by atoms with E-state index in [2.05, 4.69) is 26.8 Å². The molecule has 0 bridgehead atoms. The second kappa shape index (κ2) is 11.7. The SMILES string of the molecule is [CH]=C=Cc1cc(OCc2ccc(C3=CC(C(C)(F)F)=CCC(C4CC4)=C3)c(C)c2)nc(-c2c(OC)ncnc2C2CC2)n1.[HH]. The minimum absolute atomic E-state index is 0. The topological polar surface area (TPSA) is 70.0 Å². The largest absolute Gasteiger partial charge is 0.480 e. The summed E-state index contributed by atoms with van der Waals surface area (Å²) in [6, 6.07) is 7.66. The highest BCUT2D eigenvalue weighted by Crippen LogP contribution is 2.45. The van der Waals surface area contributed by atoms with Crippen LogP contribution in [-0.2, 0) is 6.61 Å². The summed E-state index contributed by atoms with van der Waals surface area (Å²) in [5, 5.41) is 0. The molecule has 3 aliphatic rings. The van der Waals surface area contributed by atoms with Crippen LogP contribution in [0.2, 0.25) is 0 Å². The Bertz CT molecular complexity index is 1710. The molecule has 1 radical (unpaired) electrons. The maximum absolute atomic E-state index is 14.4. The Hall–Kier alpha value is -4.42. The predicted octanol–water partition coefficient (Wildman–Crippen LogP) is 8.26. The number of allylic oxidation sites excluding steroid dienone is 6. The molecule has 0 N–H and O–H groups in total. The van der Waals surface area contributed by atoms with Crippen LogP contribution in [-0.4, -0.2) is 33.0 Å². The summed E-state index contributed by atoms with van der Waals surface area (Å²) in [5.74, 6) is -0.951. The molecule has 0 saturated heterocycles. The maximum Gasteiger partial charge on any atom is 0.270 e. The van der Waals surface area contributed by atoms with Gasteiger partial charge in [0.15, 0.2) is 5.82 Å². The van der Waals surface area contributed by atoms with Gasteiger partial charge in [0.25, 0.3) is 5.92 Å². The number of halogens is 2. The van der Waals surface area contributed by atoms with E-state index < -0.39 is 5.92 Å². The van der Waals surface area contributed by atoms with Gasteiger partial charge in [-0.25, -0.2) is 23.7 Å². The Kier molecular flexibility index (Phi) is 7.80. The Balaban J connectivity index is 0.00000384. The van der Waals surface area contributed by atoms with E-state index in [1.165, 1.54) is 11.9 Å². The van der Waals surface area contributed by atoms with Gasteiger partial charge in [0.05, 0.1) is 18.5 Å². The van der Waals surface area contributed by atoms with Gasteiger partial charge in [-0.1, -0.05) is 35.9 Å². The van der Waals surface area contributed by atoms with Gasteiger partial charge in [0, 0.05) is 32.0 Å². The quantitative estimate of drug-likeness (QED) is 0.225. The highest BCUT2D eigenvalue weighted by molar-refractivity contribution is 5.80. The van der Waals surface area contributed by atoms with Crippen molar-refractivity contribution in [1.82, 2.24) is 19.9 Å². The van der Waals surface area contributed by atoms with Crippen molar-refractivity contribution in [3.8, 4) is 23.1 Å². The van der Waals surface area contributed by atoms with E-state index in [0.29, 0.717) is 47.1 Å². The Morgan fingerprint density at radius 3 is 2.56 bits per heavy atom. The second-order valence-corrected chi connectivity index (χ2v) is 11.5. The average molecular weight is 582 g/mol. The molecular weight excluding hydrogens is 546 g/mol. The second-order valence-electron chi connectivity index (χ2n) is 11.5. The van der Waals surface area contributed by atoms with E-state index in [1.807, 2.05) is 25.1 Å². The van der Waals surface area contributed by atoms with Gasteiger partial charge in [-0.2, -0.15) is 4.98 Å². The van der Waals surface area contributed by atoms with Gasteiger partial charge in [0.2, 0.25) is 11.8 Å². The molecule has 2 saturated carbocycles. The fourth-order valence-corrected chi connectivity index (χ4v) is 5.45. The zero-order valence-corrected chi connectivity index (χ0v) is 24.5. The number of hydrogen-bond acceptors (Lipinski definition) is 6. The normalized spacial score (nSPS) is 16.8. The Labute approximate surface area is 252 Å². The number of alkyl halides is 2. The van der Waals surface area contributed by atoms with Gasteiger partial charge in [-0.05, 0) is 79.9 Å². The lowest BCUT2D eigenvalue weighted by molar-refractivity contribution is 0.0673. The molecule has 0 aliphatic heterocycles. The summed E-state index contributed by atoms with van der Waals surface area (Å²) in [4.78, 5) is 18.1. The molecule has 0 unspecified atom stereocenters. The van der Waals surface area contributed by atoms with Crippen molar-refractivity contribution in [3.05, 3.63) is 100 Å². The van der Waals surface area contributed by atoms with Crippen LogP contribution in [0, 0.1) is 19.4 Å². The predicted molar refractivity (Wildman–Crippen MR) is 164 cm³/mol. The van der Waals surface area contributed by atoms with Gasteiger partial charge in [-0.15, -0.1) is 5.73 Å². The molecule has 3 aromatic rings. The van der Waals surface area contributed by atoms with E-state index >= 15 is 0 Å². The Morgan fingerprint density at radius 2 is 1.88 bits per heavy atom. The molecule has 2 aromatic heterocycles. The lowest BCUT2D eigenvalue weighted by atomic mass is 9.95. The zero-order valence-electron chi connectivity index (χ0n) is 24.5. The molecule has 6 nitrogen and oxygen atoms in total. The molecule has 6 rings (SSSR count). The summed E-state index contributed by atoms with van der Waals surface area (Å²) in [6.07, 6.45) is 13.4. The number of ether oxygens (including phenoxy) is 2. The molecule has 0 atom stereocenters. The van der Waals surface area contributed by atoms with Crippen LogP contribution in [0.3, 0.4) is 0 Å². The van der Waals surface area contributed by atoms with Crippen molar-refractivity contribution >= 4 is 11.6 Å². The van der Waals surface area contributed by atoms with Crippen LogP contribution in [0.25, 0.3) is 23.0 Å². The minimum Gasteiger partial charge on any atom is -0.480 e. The summed E-state index contributed by atoms with van der Waals surface area (Å²) >= 11 is 0. The standard InChI is InChI=1S/C35H33F2N4O2.H2/c1-5-6-28-18-30(41-33(40-28)31-32(24-10-11-24)38-20-39-34(31)42-4)43-19-22-7-14-29(21(2)15-22)26-16-25(23-8-9-23)12-13-27(17-26)35(3,36)37;/h1,6-7,13-18,20,23-24H,8-12,19H2,2-4H3;1H. The number of aryl methyl sites for hydroxylation is 1. The molecular formula is C35H35F2N4O2. The van der Waals surface area contributed by atoms with Crippen molar-refractivity contribution in [1.29, 1.82) is 0 Å². The first-order chi connectivity index (χ1) is 20.7. The third-order valence-electron chi connectivity index (χ3n) is 7.98. The maximum atomic E-state index is 14.4. The number of nitrogens with zero attached hydrogens (tertiary/aromatic N) is 4. The summed E-state index contributed by atoms with van der Waals surface area (Å²) in [5.41, 5.74) is 9.47. The molecule has 0 amide bonds. The van der Waals surface area contributed by atoms with E-state index in [9.17, 15) is 8.78 Å². The molecule has 221 valence electrons. The lowest BCUT2D eigenvalue weighted by Crippen LogP contribution is -2.12. The van der Waals surface area contributed by atoms with Crippen molar-refractivity contribution in [2.24, 2.45) is 5.92 Å². The van der Waals surface area contributed by atoms with Crippen molar-refractivity contribution < 1.29 is 19.7 Å². The molecule has 43 heavy (non-hydrogen) atoms. The van der Waals surface area contributed by atoms with Crippen molar-refractivity contribution in [2.75, 3.05) is 7.11 Å². The van der Waals surface area contributed by atoms with Crippen LogP contribution >= 0.6 is 0 Å². The van der Waals surface area contributed by atoms with E-state index in [1.54, 1.807) is 31.4 Å². The van der Waals surface area contributed by atoms with Crippen LogP contribution in [0.1, 0.15) is 74.5 Å². The van der Waals surface area contributed by atoms with Crippen LogP contribution in [0.4, 0.5) is 8.78 Å². The number of methoxy groups -OCH3 is 1. The van der Waals surface area contributed by atoms with Gasteiger partial charge < -0.3 is 9.47 Å². The van der Waals surface area contributed by atoms with Gasteiger partial charge >= 0.3 is 0 Å². The minimum atomic E-state index is -2.90. The lowest BCUT2D eigenvalue weighted by Gasteiger charge is -2.15. The third kappa shape index (κ3) is 6.50. The molecule has 1 aromatic carbocycles. The number of benzene rings is 1. The fraction of sp³-hybridized carbons (Fsp3) is 0.343. The molecule has 2 fully saturated rings. The fourth-order valence-electron chi connectivity index (χ4n) is 5.45. The van der Waals surface area contributed by atoms with Crippen molar-refractivity contribution in [3.63, 3.8) is 0 Å². The van der Waals surface area contributed by atoms with Gasteiger partial charge in [-0.3, -0.25) is 0 Å². The first-order valence-electron chi connectivity index (χ1n) is 14.5. The highest BCUT2D eigenvalue weighted by Gasteiger charge is 2.32. The van der Waals surface area contributed by atoms with Crippen molar-refractivity contribution in [2.45, 2.75) is 64.4 Å². The Morgan fingerprint density at radius 1 is 1.09 bits per heavy atom. The first-order valence-corrected chi connectivity index (χ1v) is 14.5. The monoisotopic (exact) mass is 581 g/mol. The van der Waals surface area contributed by atoms with Gasteiger partial charge in [0.1, 0.15) is 18.5 Å². The first kappa shape index (κ1) is 28.7. The highest BCUT2D eigenvalue weighted by atomic mass is 19.3. The zero-order chi connectivity index (χ0) is 30.1. The summed E-state index contributed by atoms with van der Waals surface area (Å²) in [6.45, 7) is 8.76. The molecule has 2 heterocycles. The molecule has 8 heteroatoms. The summed E-state index contributed by atoms with van der Waals surface area (Å²) < 4.78 is 40.5. The van der Waals surface area contributed by atoms with Crippen LogP contribution in [0.15, 0.2) is 65.7 Å². The number of rotatable bonds is 10. The van der Waals surface area contributed by atoms with Crippen LogP contribution in [0.5, 0.6) is 11.8 Å². The molecule has 3 aliphatic carbocycles. The molecule has 0 spiro atoms. The average Bonchev–Trinajstić information content (AvgIpc) is 3.88.